The number of nitrogens with one attached hydrogen (secondary N) is 1. The Balaban J connectivity index is 2.83. The molecule has 0 aliphatic rings. The van der Waals surface area contributed by atoms with Gasteiger partial charge in [0.1, 0.15) is 11.7 Å². The minimum atomic E-state index is -4.67. The van der Waals surface area contributed by atoms with E-state index in [2.05, 4.69) is 0 Å². The van der Waals surface area contributed by atoms with Gasteiger partial charge in [-0.25, -0.2) is 4.79 Å². The van der Waals surface area contributed by atoms with Crippen molar-refractivity contribution in [2.24, 2.45) is 7.05 Å². The van der Waals surface area contributed by atoms with E-state index in [-0.39, 0.29) is 5.69 Å². The number of amides is 1. The summed E-state index contributed by atoms with van der Waals surface area (Å²) in [5.41, 5.74) is 0.832. The quantitative estimate of drug-likeness (QED) is 0.876. The molecule has 1 rings (SSSR count). The second kappa shape index (κ2) is 5.33. The third-order valence-electron chi connectivity index (χ3n) is 2.64. The number of carbonyl (C=O) groups is 2. The van der Waals surface area contributed by atoms with Gasteiger partial charge in [0.25, 0.3) is 5.91 Å². The SMILES string of the molecule is Cc1ccc(C(=O)NC(CC(F)(F)F)C(=O)O)n1C. The average Bonchev–Trinajstić information content (AvgIpc) is 2.56. The molecule has 1 heterocycles. The van der Waals surface area contributed by atoms with Gasteiger partial charge < -0.3 is 15.0 Å². The first kappa shape index (κ1) is 15.1. The predicted molar refractivity (Wildman–Crippen MR) is 59.7 cm³/mol. The van der Waals surface area contributed by atoms with Crippen molar-refractivity contribution >= 4 is 11.9 Å². The van der Waals surface area contributed by atoms with Crippen molar-refractivity contribution in [3.63, 3.8) is 0 Å². The Hall–Kier alpha value is -1.99. The van der Waals surface area contributed by atoms with Crippen LogP contribution in [0.25, 0.3) is 0 Å². The highest BCUT2D eigenvalue weighted by Crippen LogP contribution is 2.22. The van der Waals surface area contributed by atoms with E-state index in [1.807, 2.05) is 5.32 Å². The molecule has 1 atom stereocenters. The molecule has 0 radical (unpaired) electrons. The molecule has 1 aromatic rings. The van der Waals surface area contributed by atoms with Gasteiger partial charge in [0.05, 0.1) is 6.42 Å². The summed E-state index contributed by atoms with van der Waals surface area (Å²) in [6.45, 7) is 1.71. The number of aryl methyl sites for hydroxylation is 1. The van der Waals surface area contributed by atoms with Crippen LogP contribution in [-0.2, 0) is 11.8 Å². The number of nitrogens with zero attached hydrogens (tertiary/aromatic N) is 1. The molecule has 19 heavy (non-hydrogen) atoms. The van der Waals surface area contributed by atoms with Crippen molar-refractivity contribution in [2.45, 2.75) is 25.6 Å². The van der Waals surface area contributed by atoms with Crippen LogP contribution in [-0.4, -0.2) is 33.8 Å². The van der Waals surface area contributed by atoms with Crippen LogP contribution in [0.15, 0.2) is 12.1 Å². The summed E-state index contributed by atoms with van der Waals surface area (Å²) in [5.74, 6) is -2.58. The minimum Gasteiger partial charge on any atom is -0.480 e. The van der Waals surface area contributed by atoms with Crippen molar-refractivity contribution < 1.29 is 27.9 Å². The van der Waals surface area contributed by atoms with Gasteiger partial charge in [-0.2, -0.15) is 13.2 Å². The van der Waals surface area contributed by atoms with E-state index < -0.39 is 30.5 Å². The molecule has 1 unspecified atom stereocenters. The van der Waals surface area contributed by atoms with Crippen LogP contribution in [0.2, 0.25) is 0 Å². The predicted octanol–water partition coefficient (Wildman–Crippen LogP) is 1.47. The van der Waals surface area contributed by atoms with E-state index in [4.69, 9.17) is 5.11 Å². The number of hydrogen-bond donors (Lipinski definition) is 2. The maximum atomic E-state index is 12.2. The molecule has 0 aliphatic carbocycles. The molecule has 0 aliphatic heterocycles. The second-order valence-electron chi connectivity index (χ2n) is 4.10. The van der Waals surface area contributed by atoms with Crippen molar-refractivity contribution in [3.8, 4) is 0 Å². The molecule has 1 amide bonds. The Bertz CT molecular complexity index is 494. The Labute approximate surface area is 107 Å². The van der Waals surface area contributed by atoms with Gasteiger partial charge in [-0.1, -0.05) is 0 Å². The van der Waals surface area contributed by atoms with Gasteiger partial charge in [-0.3, -0.25) is 4.79 Å². The van der Waals surface area contributed by atoms with E-state index in [0.29, 0.717) is 0 Å². The third-order valence-corrected chi connectivity index (χ3v) is 2.64. The van der Waals surface area contributed by atoms with Crippen LogP contribution in [0.5, 0.6) is 0 Å². The Morgan fingerprint density at radius 2 is 2.00 bits per heavy atom. The molecule has 5 nitrogen and oxygen atoms in total. The highest BCUT2D eigenvalue weighted by Gasteiger charge is 2.36. The van der Waals surface area contributed by atoms with E-state index in [1.165, 1.54) is 10.6 Å². The van der Waals surface area contributed by atoms with Crippen LogP contribution < -0.4 is 5.32 Å². The third kappa shape index (κ3) is 4.01. The van der Waals surface area contributed by atoms with Crippen LogP contribution in [0.3, 0.4) is 0 Å². The monoisotopic (exact) mass is 278 g/mol. The van der Waals surface area contributed by atoms with Crippen molar-refractivity contribution in [1.29, 1.82) is 0 Å². The zero-order chi connectivity index (χ0) is 14.8. The minimum absolute atomic E-state index is 0.103. The van der Waals surface area contributed by atoms with Crippen LogP contribution in [0, 0.1) is 6.92 Å². The van der Waals surface area contributed by atoms with Crippen molar-refractivity contribution in [3.05, 3.63) is 23.5 Å². The fourth-order valence-corrected chi connectivity index (χ4v) is 1.50. The molecule has 1 aromatic heterocycles. The van der Waals surface area contributed by atoms with Crippen LogP contribution in [0.4, 0.5) is 13.2 Å². The zero-order valence-corrected chi connectivity index (χ0v) is 10.3. The summed E-state index contributed by atoms with van der Waals surface area (Å²) in [4.78, 5) is 22.4. The number of carboxylic acid groups (broad SMARTS) is 1. The molecule has 0 spiro atoms. The van der Waals surface area contributed by atoms with Gasteiger partial charge in [0.15, 0.2) is 0 Å². The number of halogens is 3. The fraction of sp³-hybridized carbons (Fsp3) is 0.455. The van der Waals surface area contributed by atoms with Gasteiger partial charge in [-0.05, 0) is 19.1 Å². The number of aromatic nitrogens is 1. The topological polar surface area (TPSA) is 71.3 Å². The normalized spacial score (nSPS) is 13.1. The van der Waals surface area contributed by atoms with Gasteiger partial charge in [-0.15, -0.1) is 0 Å². The first-order valence-electron chi connectivity index (χ1n) is 5.34. The van der Waals surface area contributed by atoms with Crippen LogP contribution in [0.1, 0.15) is 22.6 Å². The molecule has 0 fully saturated rings. The Morgan fingerprint density at radius 3 is 2.37 bits per heavy atom. The first-order valence-corrected chi connectivity index (χ1v) is 5.34. The van der Waals surface area contributed by atoms with E-state index in [9.17, 15) is 22.8 Å². The molecular weight excluding hydrogens is 265 g/mol. The molecule has 0 saturated carbocycles. The lowest BCUT2D eigenvalue weighted by atomic mass is 10.2. The second-order valence-corrected chi connectivity index (χ2v) is 4.10. The summed E-state index contributed by atoms with van der Waals surface area (Å²) in [5, 5.41) is 10.5. The van der Waals surface area contributed by atoms with Gasteiger partial charge in [0, 0.05) is 12.7 Å². The molecule has 0 saturated heterocycles. The smallest absolute Gasteiger partial charge is 0.391 e. The van der Waals surface area contributed by atoms with Crippen LogP contribution >= 0.6 is 0 Å². The highest BCUT2D eigenvalue weighted by molar-refractivity contribution is 5.95. The van der Waals surface area contributed by atoms with E-state index in [0.717, 1.165) is 5.69 Å². The number of aliphatic carboxylic acids is 1. The maximum Gasteiger partial charge on any atom is 0.391 e. The van der Waals surface area contributed by atoms with Gasteiger partial charge in [0.2, 0.25) is 0 Å². The Kier molecular flexibility index (Phi) is 4.23. The average molecular weight is 278 g/mol. The van der Waals surface area contributed by atoms with Crippen molar-refractivity contribution in [2.75, 3.05) is 0 Å². The van der Waals surface area contributed by atoms with Gasteiger partial charge >= 0.3 is 12.1 Å². The zero-order valence-electron chi connectivity index (χ0n) is 10.3. The molecule has 8 heteroatoms. The standard InChI is InChI=1S/C11H13F3N2O3/c1-6-3-4-8(16(6)2)9(17)15-7(10(18)19)5-11(12,13)14/h3-4,7H,5H2,1-2H3,(H,15,17)(H,18,19). The summed E-state index contributed by atoms with van der Waals surface area (Å²) in [7, 11) is 1.56. The van der Waals surface area contributed by atoms with Crippen molar-refractivity contribution in [1.82, 2.24) is 9.88 Å². The molecule has 0 bridgehead atoms. The summed E-state index contributed by atoms with van der Waals surface area (Å²) >= 11 is 0. The lowest BCUT2D eigenvalue weighted by Gasteiger charge is -2.16. The number of carbonyl (C=O) groups excluding carboxylic acids is 1. The summed E-state index contributed by atoms with van der Waals surface area (Å²) in [6.07, 6.45) is -6.28. The molecule has 0 aromatic carbocycles. The van der Waals surface area contributed by atoms with E-state index in [1.54, 1.807) is 20.0 Å². The lowest BCUT2D eigenvalue weighted by Crippen LogP contribution is -2.44. The lowest BCUT2D eigenvalue weighted by molar-refractivity contribution is -0.157. The molecular formula is C11H13F3N2O3. The summed E-state index contributed by atoms with van der Waals surface area (Å²) < 4.78 is 38.0. The number of alkyl halides is 3. The maximum absolute atomic E-state index is 12.2. The highest BCUT2D eigenvalue weighted by atomic mass is 19.4. The molecule has 2 N–H and O–H groups in total. The fourth-order valence-electron chi connectivity index (χ4n) is 1.50. The number of carboxylic acids is 1. The van der Waals surface area contributed by atoms with E-state index >= 15 is 0 Å². The largest absolute Gasteiger partial charge is 0.480 e. The molecule has 106 valence electrons. The number of hydrogen-bond acceptors (Lipinski definition) is 2. The first-order chi connectivity index (χ1) is 8.61. The summed E-state index contributed by atoms with van der Waals surface area (Å²) in [6, 6.07) is 1.02. The number of rotatable bonds is 4. The Morgan fingerprint density at radius 1 is 1.42 bits per heavy atom.